The highest BCUT2D eigenvalue weighted by Gasteiger charge is 2.64. The molecule has 2 rings (SSSR count). The van der Waals surface area contributed by atoms with E-state index < -0.39 is 0 Å². The van der Waals surface area contributed by atoms with Crippen molar-refractivity contribution in [1.29, 1.82) is 0 Å². The Hall–Kier alpha value is -0.180. The first-order valence-electron chi connectivity index (χ1n) is 5.37. The third-order valence-corrected chi connectivity index (χ3v) is 5.30. The van der Waals surface area contributed by atoms with E-state index >= 15 is 0 Å². The Morgan fingerprint density at radius 1 is 1.36 bits per heavy atom. The maximum Gasteiger partial charge on any atom is 0.156 e. The number of aliphatic imine (C=N–C) groups is 1. The summed E-state index contributed by atoms with van der Waals surface area (Å²) in [5, 5.41) is 4.62. The van der Waals surface area contributed by atoms with Crippen molar-refractivity contribution in [2.45, 2.75) is 27.7 Å². The summed E-state index contributed by atoms with van der Waals surface area (Å²) in [6.07, 6.45) is 0. The fourth-order valence-corrected chi connectivity index (χ4v) is 3.22. The van der Waals surface area contributed by atoms with Gasteiger partial charge in [-0.2, -0.15) is 0 Å². The first-order valence-corrected chi connectivity index (χ1v) is 6.36. The van der Waals surface area contributed by atoms with Gasteiger partial charge in [-0.25, -0.2) is 0 Å². The van der Waals surface area contributed by atoms with Crippen molar-refractivity contribution < 1.29 is 0 Å². The van der Waals surface area contributed by atoms with Crippen molar-refractivity contribution >= 4 is 16.9 Å². The largest absolute Gasteiger partial charge is 0.365 e. The topological polar surface area (TPSA) is 24.4 Å². The third kappa shape index (κ3) is 1.46. The Balaban J connectivity index is 1.83. The molecule has 0 spiro atoms. The van der Waals surface area contributed by atoms with E-state index in [2.05, 4.69) is 38.0 Å². The first kappa shape index (κ1) is 10.3. The van der Waals surface area contributed by atoms with Gasteiger partial charge in [0.1, 0.15) is 0 Å². The molecular formula is C11H20N2S. The van der Waals surface area contributed by atoms with Crippen molar-refractivity contribution in [3.63, 3.8) is 0 Å². The molecule has 2 aliphatic rings. The van der Waals surface area contributed by atoms with Gasteiger partial charge in [0.05, 0.1) is 6.54 Å². The minimum Gasteiger partial charge on any atom is -0.365 e. The van der Waals surface area contributed by atoms with Crippen LogP contribution in [0, 0.1) is 16.7 Å². The van der Waals surface area contributed by atoms with Gasteiger partial charge >= 0.3 is 0 Å². The van der Waals surface area contributed by atoms with Gasteiger partial charge in [-0.05, 0) is 16.7 Å². The van der Waals surface area contributed by atoms with Gasteiger partial charge in [-0.15, -0.1) is 0 Å². The van der Waals surface area contributed by atoms with Crippen LogP contribution < -0.4 is 5.32 Å². The fraction of sp³-hybridized carbons (Fsp3) is 0.909. The van der Waals surface area contributed by atoms with Gasteiger partial charge in [0.15, 0.2) is 5.17 Å². The molecule has 1 aliphatic carbocycles. The first-order chi connectivity index (χ1) is 6.46. The van der Waals surface area contributed by atoms with Crippen molar-refractivity contribution in [2.24, 2.45) is 21.7 Å². The summed E-state index contributed by atoms with van der Waals surface area (Å²) in [5.74, 6) is 1.94. The molecule has 0 unspecified atom stereocenters. The summed E-state index contributed by atoms with van der Waals surface area (Å²) in [6, 6.07) is 0. The van der Waals surface area contributed by atoms with Gasteiger partial charge in [0.25, 0.3) is 0 Å². The van der Waals surface area contributed by atoms with E-state index in [4.69, 9.17) is 0 Å². The Kier molecular flexibility index (Phi) is 2.33. The minimum atomic E-state index is 0.490. The standard InChI is InChI=1S/C11H20N2S/c1-10(2)8(11(10,3)4)7-13-9-12-5-6-14-9/h8H,5-7H2,1-4H3,(H,12,13). The zero-order valence-electron chi connectivity index (χ0n) is 9.55. The third-order valence-electron chi connectivity index (χ3n) is 4.36. The number of amidine groups is 1. The Bertz CT molecular complexity index is 254. The van der Waals surface area contributed by atoms with Crippen LogP contribution in [0.4, 0.5) is 0 Å². The van der Waals surface area contributed by atoms with Crippen molar-refractivity contribution in [1.82, 2.24) is 5.32 Å². The number of hydrogen-bond acceptors (Lipinski definition) is 3. The predicted molar refractivity (Wildman–Crippen MR) is 63.8 cm³/mol. The van der Waals surface area contributed by atoms with Crippen molar-refractivity contribution in [2.75, 3.05) is 18.8 Å². The molecule has 0 aromatic heterocycles. The number of hydrogen-bond donors (Lipinski definition) is 1. The summed E-state index contributed by atoms with van der Waals surface area (Å²) in [5.41, 5.74) is 0.980. The summed E-state index contributed by atoms with van der Waals surface area (Å²) >= 11 is 1.85. The summed E-state index contributed by atoms with van der Waals surface area (Å²) in [4.78, 5) is 4.40. The average Bonchev–Trinajstić information content (AvgIpc) is 2.54. The zero-order chi connectivity index (χ0) is 10.4. The lowest BCUT2D eigenvalue weighted by Crippen LogP contribution is -2.23. The number of nitrogens with one attached hydrogen (secondary N) is 1. The molecule has 0 atom stereocenters. The van der Waals surface area contributed by atoms with Crippen LogP contribution in [0.15, 0.2) is 4.99 Å². The van der Waals surface area contributed by atoms with Gasteiger partial charge in [-0.3, -0.25) is 4.99 Å². The van der Waals surface area contributed by atoms with Crippen LogP contribution in [0.2, 0.25) is 0 Å². The molecule has 80 valence electrons. The van der Waals surface area contributed by atoms with Crippen molar-refractivity contribution in [3.05, 3.63) is 0 Å². The van der Waals surface area contributed by atoms with E-state index in [-0.39, 0.29) is 0 Å². The minimum absolute atomic E-state index is 0.490. The molecule has 1 aliphatic heterocycles. The second-order valence-electron chi connectivity index (χ2n) is 5.41. The molecule has 0 bridgehead atoms. The number of thioether (sulfide) groups is 1. The molecule has 3 heteroatoms. The molecule has 0 radical (unpaired) electrons. The normalized spacial score (nSPS) is 28.7. The molecule has 14 heavy (non-hydrogen) atoms. The lowest BCUT2D eigenvalue weighted by molar-refractivity contribution is 0.457. The van der Waals surface area contributed by atoms with Crippen molar-refractivity contribution in [3.8, 4) is 0 Å². The van der Waals surface area contributed by atoms with E-state index in [1.54, 1.807) is 0 Å². The highest BCUT2D eigenvalue weighted by atomic mass is 32.2. The van der Waals surface area contributed by atoms with E-state index in [0.717, 1.165) is 29.9 Å². The molecule has 0 aromatic carbocycles. The average molecular weight is 212 g/mol. The second-order valence-corrected chi connectivity index (χ2v) is 6.50. The lowest BCUT2D eigenvalue weighted by atomic mass is 10.0. The summed E-state index contributed by atoms with van der Waals surface area (Å²) in [7, 11) is 0. The van der Waals surface area contributed by atoms with Crippen LogP contribution in [-0.4, -0.2) is 24.0 Å². The SMILES string of the molecule is CC1(C)C(CNC2=NCCS2)C1(C)C. The summed E-state index contributed by atoms with van der Waals surface area (Å²) in [6.45, 7) is 11.5. The van der Waals surface area contributed by atoms with Gasteiger partial charge in [-0.1, -0.05) is 39.5 Å². The highest BCUT2D eigenvalue weighted by molar-refractivity contribution is 8.14. The van der Waals surface area contributed by atoms with E-state index in [1.807, 2.05) is 11.8 Å². The highest BCUT2D eigenvalue weighted by Crippen LogP contribution is 2.67. The number of rotatable bonds is 2. The Labute approximate surface area is 90.9 Å². The molecule has 0 amide bonds. The van der Waals surface area contributed by atoms with Crippen LogP contribution in [0.25, 0.3) is 0 Å². The maximum absolute atomic E-state index is 4.40. The molecule has 1 heterocycles. The van der Waals surface area contributed by atoms with Gasteiger partial charge in [0.2, 0.25) is 0 Å². The van der Waals surface area contributed by atoms with E-state index in [0.29, 0.717) is 10.8 Å². The quantitative estimate of drug-likeness (QED) is 0.760. The van der Waals surface area contributed by atoms with E-state index in [9.17, 15) is 0 Å². The van der Waals surface area contributed by atoms with E-state index in [1.165, 1.54) is 0 Å². The van der Waals surface area contributed by atoms with Crippen LogP contribution in [-0.2, 0) is 0 Å². The van der Waals surface area contributed by atoms with Gasteiger partial charge in [0, 0.05) is 12.3 Å². The van der Waals surface area contributed by atoms with Gasteiger partial charge < -0.3 is 5.32 Å². The molecule has 1 saturated carbocycles. The molecule has 0 saturated heterocycles. The van der Waals surface area contributed by atoms with Crippen LogP contribution in [0.3, 0.4) is 0 Å². The van der Waals surface area contributed by atoms with Crippen LogP contribution >= 0.6 is 11.8 Å². The fourth-order valence-electron chi connectivity index (χ4n) is 2.47. The molecular weight excluding hydrogens is 192 g/mol. The van der Waals surface area contributed by atoms with Crippen LogP contribution in [0.5, 0.6) is 0 Å². The molecule has 0 aromatic rings. The molecule has 1 fully saturated rings. The Morgan fingerprint density at radius 3 is 2.43 bits per heavy atom. The summed E-state index contributed by atoms with van der Waals surface area (Å²) < 4.78 is 0. The maximum atomic E-state index is 4.40. The zero-order valence-corrected chi connectivity index (χ0v) is 10.4. The smallest absolute Gasteiger partial charge is 0.156 e. The monoisotopic (exact) mass is 212 g/mol. The lowest BCUT2D eigenvalue weighted by Gasteiger charge is -2.05. The van der Waals surface area contributed by atoms with Crippen LogP contribution in [0.1, 0.15) is 27.7 Å². The molecule has 2 nitrogen and oxygen atoms in total. The number of nitrogens with zero attached hydrogens (tertiary/aromatic N) is 1. The predicted octanol–water partition coefficient (Wildman–Crippen LogP) is 2.36. The molecule has 1 N–H and O–H groups in total. The Morgan fingerprint density at radius 2 is 2.00 bits per heavy atom. The second kappa shape index (κ2) is 3.16.